The summed E-state index contributed by atoms with van der Waals surface area (Å²) in [4.78, 5) is 11.7. The van der Waals surface area contributed by atoms with E-state index in [9.17, 15) is 4.79 Å². The molecular weight excluding hydrogens is 328 g/mol. The summed E-state index contributed by atoms with van der Waals surface area (Å²) in [5.41, 5.74) is 3.29. The molecule has 0 saturated carbocycles. The van der Waals surface area contributed by atoms with Crippen molar-refractivity contribution in [2.45, 2.75) is 19.9 Å². The Morgan fingerprint density at radius 1 is 1.14 bits per heavy atom. The highest BCUT2D eigenvalue weighted by Gasteiger charge is 2.10. The van der Waals surface area contributed by atoms with Gasteiger partial charge in [0.05, 0.1) is 0 Å². The molecule has 3 nitrogen and oxygen atoms in total. The second-order valence-corrected chi connectivity index (χ2v) is 5.77. The number of fused-ring (bicyclic) bond motifs is 3. The zero-order valence-electron chi connectivity index (χ0n) is 11.9. The van der Waals surface area contributed by atoms with Crippen LogP contribution in [0.15, 0.2) is 42.5 Å². The van der Waals surface area contributed by atoms with E-state index in [1.54, 1.807) is 0 Å². The third kappa shape index (κ3) is 2.56. The highest BCUT2D eigenvalue weighted by atomic mass is 79.9. The molecular formula is C17H17BrN2O. The molecule has 0 aliphatic carbocycles. The maximum Gasteiger partial charge on any atom is 0.225 e. The molecule has 1 N–H and O–H groups in total. The van der Waals surface area contributed by atoms with E-state index in [0.29, 0.717) is 11.8 Å². The Bertz CT molecular complexity index is 807. The molecule has 1 amide bonds. The van der Waals surface area contributed by atoms with Crippen LogP contribution in [0.5, 0.6) is 0 Å². The number of anilines is 1. The number of carbonyl (C=O) groups is 1. The van der Waals surface area contributed by atoms with Crippen LogP contribution in [-0.4, -0.2) is 15.8 Å². The van der Waals surface area contributed by atoms with E-state index in [2.05, 4.69) is 69.1 Å². The van der Waals surface area contributed by atoms with Gasteiger partial charge in [-0.05, 0) is 31.2 Å². The molecule has 0 aliphatic heterocycles. The molecule has 4 heteroatoms. The van der Waals surface area contributed by atoms with E-state index in [4.69, 9.17) is 0 Å². The smallest absolute Gasteiger partial charge is 0.225 e. The van der Waals surface area contributed by atoms with E-state index in [-0.39, 0.29) is 5.91 Å². The van der Waals surface area contributed by atoms with Gasteiger partial charge in [-0.2, -0.15) is 0 Å². The molecule has 0 aliphatic rings. The summed E-state index contributed by atoms with van der Waals surface area (Å²) in [6.45, 7) is 3.08. The Kier molecular flexibility index (Phi) is 3.97. The molecule has 2 aromatic carbocycles. The van der Waals surface area contributed by atoms with Crippen molar-refractivity contribution in [2.24, 2.45) is 0 Å². The average Bonchev–Trinajstić information content (AvgIpc) is 2.81. The van der Waals surface area contributed by atoms with Gasteiger partial charge >= 0.3 is 0 Å². The van der Waals surface area contributed by atoms with Crippen LogP contribution in [0.25, 0.3) is 21.8 Å². The Labute approximate surface area is 132 Å². The fourth-order valence-electron chi connectivity index (χ4n) is 2.78. The summed E-state index contributed by atoms with van der Waals surface area (Å²) in [5, 5.41) is 6.04. The summed E-state index contributed by atoms with van der Waals surface area (Å²) in [6, 6.07) is 14.5. The largest absolute Gasteiger partial charge is 0.341 e. The molecule has 1 heterocycles. The molecule has 0 spiro atoms. The summed E-state index contributed by atoms with van der Waals surface area (Å²) >= 11 is 3.28. The third-order valence-electron chi connectivity index (χ3n) is 3.69. The number of hydrogen-bond donors (Lipinski definition) is 1. The van der Waals surface area contributed by atoms with Crippen LogP contribution in [0.3, 0.4) is 0 Å². The first-order valence-corrected chi connectivity index (χ1v) is 8.23. The molecule has 0 fully saturated rings. The Morgan fingerprint density at radius 2 is 1.90 bits per heavy atom. The number of benzene rings is 2. The molecule has 108 valence electrons. The monoisotopic (exact) mass is 344 g/mol. The topological polar surface area (TPSA) is 34.0 Å². The number of alkyl halides is 1. The third-order valence-corrected chi connectivity index (χ3v) is 4.09. The number of aromatic nitrogens is 1. The highest BCUT2D eigenvalue weighted by Crippen LogP contribution is 2.30. The predicted molar refractivity (Wildman–Crippen MR) is 92.2 cm³/mol. The van der Waals surface area contributed by atoms with Crippen LogP contribution in [-0.2, 0) is 11.3 Å². The molecule has 3 aromatic rings. The van der Waals surface area contributed by atoms with Crippen molar-refractivity contribution in [3.8, 4) is 0 Å². The fraction of sp³-hybridized carbons (Fsp3) is 0.235. The van der Waals surface area contributed by atoms with Crippen molar-refractivity contribution in [2.75, 3.05) is 10.6 Å². The minimum absolute atomic E-state index is 0.0328. The SMILES string of the molecule is CCn1c2ccccc2c2cc(NC(=O)CCBr)ccc21. The van der Waals surface area contributed by atoms with Crippen molar-refractivity contribution >= 4 is 49.3 Å². The van der Waals surface area contributed by atoms with Gasteiger partial charge in [-0.3, -0.25) is 4.79 Å². The Morgan fingerprint density at radius 3 is 2.67 bits per heavy atom. The van der Waals surface area contributed by atoms with Crippen LogP contribution >= 0.6 is 15.9 Å². The molecule has 0 unspecified atom stereocenters. The molecule has 1 aromatic heterocycles. The van der Waals surface area contributed by atoms with E-state index in [1.165, 1.54) is 21.8 Å². The summed E-state index contributed by atoms with van der Waals surface area (Å²) in [7, 11) is 0. The van der Waals surface area contributed by atoms with Crippen molar-refractivity contribution in [1.29, 1.82) is 0 Å². The van der Waals surface area contributed by atoms with Crippen LogP contribution in [0.4, 0.5) is 5.69 Å². The zero-order chi connectivity index (χ0) is 14.8. The van der Waals surface area contributed by atoms with Gasteiger partial charge in [0.2, 0.25) is 5.91 Å². The Hall–Kier alpha value is -1.81. The van der Waals surface area contributed by atoms with Crippen molar-refractivity contribution in [3.63, 3.8) is 0 Å². The van der Waals surface area contributed by atoms with Gasteiger partial charge in [-0.1, -0.05) is 34.1 Å². The van der Waals surface area contributed by atoms with Gasteiger partial charge < -0.3 is 9.88 Å². The van der Waals surface area contributed by atoms with E-state index in [1.807, 2.05) is 6.07 Å². The number of carbonyl (C=O) groups excluding carboxylic acids is 1. The van der Waals surface area contributed by atoms with Crippen LogP contribution in [0.2, 0.25) is 0 Å². The quantitative estimate of drug-likeness (QED) is 0.692. The van der Waals surface area contributed by atoms with Gasteiger partial charge in [0.15, 0.2) is 0 Å². The fourth-order valence-corrected chi connectivity index (χ4v) is 3.14. The normalized spacial score (nSPS) is 11.1. The first-order chi connectivity index (χ1) is 10.2. The number of para-hydroxylation sites is 1. The van der Waals surface area contributed by atoms with E-state index >= 15 is 0 Å². The summed E-state index contributed by atoms with van der Waals surface area (Å²) in [5.74, 6) is 0.0328. The van der Waals surface area contributed by atoms with Crippen molar-refractivity contribution < 1.29 is 4.79 Å². The van der Waals surface area contributed by atoms with Gasteiger partial charge in [0.1, 0.15) is 0 Å². The van der Waals surface area contributed by atoms with E-state index < -0.39 is 0 Å². The molecule has 3 rings (SSSR count). The maximum absolute atomic E-state index is 11.7. The van der Waals surface area contributed by atoms with Gasteiger partial charge in [-0.15, -0.1) is 0 Å². The summed E-state index contributed by atoms with van der Waals surface area (Å²) in [6.07, 6.45) is 0.481. The maximum atomic E-state index is 11.7. The number of rotatable bonds is 4. The number of nitrogens with one attached hydrogen (secondary N) is 1. The van der Waals surface area contributed by atoms with Crippen LogP contribution in [0.1, 0.15) is 13.3 Å². The lowest BCUT2D eigenvalue weighted by molar-refractivity contribution is -0.115. The van der Waals surface area contributed by atoms with Gasteiger partial charge in [0, 0.05) is 45.8 Å². The van der Waals surface area contributed by atoms with Crippen LogP contribution < -0.4 is 5.32 Å². The average molecular weight is 345 g/mol. The standard InChI is InChI=1S/C17H17BrN2O/c1-2-20-15-6-4-3-5-13(15)14-11-12(7-8-16(14)20)19-17(21)9-10-18/h3-8,11H,2,9-10H2,1H3,(H,19,21). The van der Waals surface area contributed by atoms with Crippen molar-refractivity contribution in [1.82, 2.24) is 4.57 Å². The molecule has 21 heavy (non-hydrogen) atoms. The second-order valence-electron chi connectivity index (χ2n) is 4.98. The lowest BCUT2D eigenvalue weighted by Gasteiger charge is -2.06. The number of hydrogen-bond acceptors (Lipinski definition) is 1. The molecule has 0 radical (unpaired) electrons. The van der Waals surface area contributed by atoms with Crippen molar-refractivity contribution in [3.05, 3.63) is 42.5 Å². The minimum atomic E-state index is 0.0328. The lowest BCUT2D eigenvalue weighted by atomic mass is 10.1. The first kappa shape index (κ1) is 14.1. The first-order valence-electron chi connectivity index (χ1n) is 7.11. The number of halogens is 1. The number of aryl methyl sites for hydroxylation is 1. The molecule has 0 atom stereocenters. The zero-order valence-corrected chi connectivity index (χ0v) is 13.5. The second kappa shape index (κ2) is 5.90. The molecule has 0 bridgehead atoms. The molecule has 0 saturated heterocycles. The minimum Gasteiger partial charge on any atom is -0.341 e. The number of amides is 1. The summed E-state index contributed by atoms with van der Waals surface area (Å²) < 4.78 is 2.30. The van der Waals surface area contributed by atoms with Gasteiger partial charge in [0.25, 0.3) is 0 Å². The van der Waals surface area contributed by atoms with Crippen LogP contribution in [0, 0.1) is 0 Å². The Balaban J connectivity index is 2.13. The number of nitrogens with zero attached hydrogens (tertiary/aromatic N) is 1. The highest BCUT2D eigenvalue weighted by molar-refractivity contribution is 9.09. The predicted octanol–water partition coefficient (Wildman–Crippen LogP) is 4.54. The lowest BCUT2D eigenvalue weighted by Crippen LogP contribution is -2.11. The van der Waals surface area contributed by atoms with E-state index in [0.717, 1.165) is 12.2 Å². The van der Waals surface area contributed by atoms with Gasteiger partial charge in [-0.25, -0.2) is 0 Å².